The summed E-state index contributed by atoms with van der Waals surface area (Å²) in [5.41, 5.74) is 0. The fourth-order valence-electron chi connectivity index (χ4n) is 0. The predicted molar refractivity (Wildman–Crippen MR) is 20.9 cm³/mol. The molecule has 0 saturated carbocycles. The fraction of sp³-hybridized carbons (Fsp3) is 0. The molecule has 0 heterocycles. The quantitative estimate of drug-likeness (QED) is 0.316. The van der Waals surface area contributed by atoms with E-state index < -0.39 is 7.82 Å². The Labute approximate surface area is 136 Å². The van der Waals surface area contributed by atoms with E-state index in [0.29, 0.717) is 0 Å². The summed E-state index contributed by atoms with van der Waals surface area (Å²) in [6.45, 7) is 0. The first-order valence-electron chi connectivity index (χ1n) is 0.748. The molecule has 0 fully saturated rings. The maximum atomic E-state index is 8.66. The molecule has 0 rings (SSSR count). The van der Waals surface area contributed by atoms with Crippen LogP contribution in [0.15, 0.2) is 0 Å². The van der Waals surface area contributed by atoms with Gasteiger partial charge in [-0.2, -0.15) is 9.90 Å². The normalized spacial score (nSPS) is 7.38. The van der Waals surface area contributed by atoms with Gasteiger partial charge >= 0.3 is 103 Å². The molecular weight excluding hydrogens is 204 g/mol. The zero-order valence-corrected chi connectivity index (χ0v) is 13.4. The molecule has 0 aliphatic carbocycles. The summed E-state index contributed by atoms with van der Waals surface area (Å²) < 4.78 is 8.66. The Morgan fingerprint density at radius 1 is 1.25 bits per heavy atom. The molecule has 0 amide bonds. The van der Waals surface area contributed by atoms with E-state index in [4.69, 9.17) is 19.2 Å². The summed E-state index contributed by atoms with van der Waals surface area (Å²) in [6.07, 6.45) is 0. The average Bonchev–Trinajstić information content (AvgIpc) is 0.722. The van der Waals surface area contributed by atoms with Crippen LogP contribution in [0.2, 0.25) is 0 Å². The van der Waals surface area contributed by atoms with Gasteiger partial charge < -0.3 is 19.2 Å². The van der Waals surface area contributed by atoms with E-state index in [2.05, 4.69) is 0 Å². The number of phosphoric acid groups is 1. The molecule has 8 heteroatoms. The largest absolute Gasteiger partial charge is 1.00 e. The maximum absolute atomic E-state index is 8.66. The topological polar surface area (TPSA) is 83.4 Å². The van der Waals surface area contributed by atoms with Crippen molar-refractivity contribution in [2.24, 2.45) is 0 Å². The van der Waals surface area contributed by atoms with Crippen molar-refractivity contribution in [3.05, 3.63) is 0 Å². The Morgan fingerprint density at radius 2 is 1.25 bits per heavy atom. The molecule has 0 aliphatic heterocycles. The molecule has 8 heavy (non-hydrogen) atoms. The molecule has 0 aromatic rings. The van der Waals surface area contributed by atoms with Crippen LogP contribution in [-0.4, -0.2) is 4.89 Å². The number of rotatable bonds is 0. The minimum absolute atomic E-state index is 0. The second kappa shape index (κ2) is 10.8. The average molecular weight is 208 g/mol. The standard InChI is InChI=1S/2K.H3O4P.H3P/c;;1-5(2,3)4;/h;;(H3,1,2,3,4);1H3/q2*+1;;/p-2. The van der Waals surface area contributed by atoms with Gasteiger partial charge in [-0.05, 0) is 0 Å². The van der Waals surface area contributed by atoms with Gasteiger partial charge in [0.25, 0.3) is 0 Å². The number of hydrogen-bond acceptors (Lipinski definition) is 3. The Kier molecular flexibility index (Phi) is 30.6. The summed E-state index contributed by atoms with van der Waals surface area (Å²) in [5, 5.41) is 0. The zero-order chi connectivity index (χ0) is 4.50. The molecule has 0 aliphatic rings. The van der Waals surface area contributed by atoms with Crippen LogP contribution in [0.1, 0.15) is 0 Å². The summed E-state index contributed by atoms with van der Waals surface area (Å²) in [7, 11) is -5.14. The third kappa shape index (κ3) is 52.4. The van der Waals surface area contributed by atoms with Crippen molar-refractivity contribution in [2.75, 3.05) is 0 Å². The van der Waals surface area contributed by atoms with Crippen LogP contribution in [0.4, 0.5) is 0 Å². The second-order valence-electron chi connectivity index (χ2n) is 0.469. The van der Waals surface area contributed by atoms with E-state index in [1.165, 1.54) is 0 Å². The van der Waals surface area contributed by atoms with Gasteiger partial charge in [0, 0.05) is 0 Å². The van der Waals surface area contributed by atoms with Gasteiger partial charge in [0.2, 0.25) is 0 Å². The van der Waals surface area contributed by atoms with E-state index >= 15 is 0 Å². The van der Waals surface area contributed by atoms with Crippen LogP contribution in [0.5, 0.6) is 0 Å². The molecule has 0 aromatic heterocycles. The van der Waals surface area contributed by atoms with Crippen molar-refractivity contribution < 1.29 is 122 Å². The van der Waals surface area contributed by atoms with Crippen LogP contribution >= 0.6 is 17.7 Å². The summed E-state index contributed by atoms with van der Waals surface area (Å²) in [5.74, 6) is 0. The van der Waals surface area contributed by atoms with Crippen LogP contribution in [0, 0.1) is 0 Å². The third-order valence-electron chi connectivity index (χ3n) is 0. The van der Waals surface area contributed by atoms with Gasteiger partial charge in [-0.25, -0.2) is 0 Å². The minimum atomic E-state index is -5.14. The van der Waals surface area contributed by atoms with Gasteiger partial charge in [0.15, 0.2) is 0 Å². The van der Waals surface area contributed by atoms with Crippen molar-refractivity contribution >= 4 is 17.7 Å². The first-order valence-corrected chi connectivity index (χ1v) is 2.24. The minimum Gasteiger partial charge on any atom is -0.790 e. The molecule has 1 atom stereocenters. The zero-order valence-electron chi connectivity index (χ0n) is 4.83. The third-order valence-corrected chi connectivity index (χ3v) is 0. The molecule has 0 bridgehead atoms. The van der Waals surface area contributed by atoms with E-state index in [-0.39, 0.29) is 113 Å². The van der Waals surface area contributed by atoms with Gasteiger partial charge in [-0.3, -0.25) is 0 Å². The van der Waals surface area contributed by atoms with Crippen molar-refractivity contribution in [1.82, 2.24) is 0 Å². The van der Waals surface area contributed by atoms with Crippen LogP contribution in [0.3, 0.4) is 0 Å². The van der Waals surface area contributed by atoms with E-state index in [1.54, 1.807) is 0 Å². The van der Waals surface area contributed by atoms with Crippen molar-refractivity contribution in [2.45, 2.75) is 0 Å². The van der Waals surface area contributed by atoms with Crippen molar-refractivity contribution in [3.8, 4) is 0 Å². The summed E-state index contributed by atoms with van der Waals surface area (Å²) in [4.78, 5) is 24.3. The molecule has 0 aromatic carbocycles. The molecular formula is H4K2O4P2. The Hall–Kier alpha value is 3.81. The second-order valence-corrected chi connectivity index (χ2v) is 1.41. The molecule has 40 valence electrons. The molecule has 0 saturated heterocycles. The van der Waals surface area contributed by atoms with Gasteiger partial charge in [0.1, 0.15) is 0 Å². The van der Waals surface area contributed by atoms with Crippen molar-refractivity contribution in [1.29, 1.82) is 0 Å². The smallest absolute Gasteiger partial charge is 0.790 e. The molecule has 4 nitrogen and oxygen atoms in total. The molecule has 1 N–H and O–H groups in total. The van der Waals surface area contributed by atoms with E-state index in [9.17, 15) is 0 Å². The molecule has 0 spiro atoms. The van der Waals surface area contributed by atoms with Crippen LogP contribution in [0.25, 0.3) is 0 Å². The fourth-order valence-corrected chi connectivity index (χ4v) is 0. The van der Waals surface area contributed by atoms with Gasteiger partial charge in [-0.1, -0.05) is 0 Å². The first-order chi connectivity index (χ1) is 2.00. The monoisotopic (exact) mass is 208 g/mol. The van der Waals surface area contributed by atoms with E-state index in [0.717, 1.165) is 0 Å². The summed E-state index contributed by atoms with van der Waals surface area (Å²) in [6, 6.07) is 0. The molecule has 0 radical (unpaired) electrons. The van der Waals surface area contributed by atoms with Gasteiger partial charge in [0.05, 0.1) is 7.82 Å². The molecule has 1 unspecified atom stereocenters. The maximum Gasteiger partial charge on any atom is 1.00 e. The summed E-state index contributed by atoms with van der Waals surface area (Å²) >= 11 is 0. The Balaban J connectivity index is -0.0000000267. The SMILES string of the molecule is O=P([O-])([O-])O.P.[K+].[K+]. The van der Waals surface area contributed by atoms with Gasteiger partial charge in [-0.15, -0.1) is 0 Å². The first kappa shape index (κ1) is 22.6. The Morgan fingerprint density at radius 3 is 1.25 bits per heavy atom. The van der Waals surface area contributed by atoms with Crippen molar-refractivity contribution in [3.63, 3.8) is 0 Å². The number of hydrogen-bond donors (Lipinski definition) is 1. The predicted octanol–water partition coefficient (Wildman–Crippen LogP) is -8.13. The van der Waals surface area contributed by atoms with Crippen LogP contribution < -0.4 is 113 Å². The van der Waals surface area contributed by atoms with Crippen LogP contribution in [-0.2, 0) is 4.57 Å². The Bertz CT molecular complexity index is 58.2. The van der Waals surface area contributed by atoms with E-state index in [1.807, 2.05) is 0 Å².